The Bertz CT molecular complexity index is 134. The van der Waals surface area contributed by atoms with Crippen LogP contribution in [0.15, 0.2) is 0 Å². The Morgan fingerprint density at radius 1 is 0.917 bits per heavy atom. The van der Waals surface area contributed by atoms with E-state index in [1.54, 1.807) is 0 Å². The zero-order valence-electron chi connectivity index (χ0n) is 7.67. The van der Waals surface area contributed by atoms with Gasteiger partial charge in [-0.05, 0) is 4.79 Å². The van der Waals surface area contributed by atoms with E-state index in [0.717, 1.165) is 0 Å². The first kappa shape index (κ1) is 13.8. The van der Waals surface area contributed by atoms with Gasteiger partial charge in [0.1, 0.15) is 0 Å². The van der Waals surface area contributed by atoms with Crippen molar-refractivity contribution in [3.8, 4) is 0 Å². The van der Waals surface area contributed by atoms with E-state index >= 15 is 0 Å². The molecule has 0 rings (SSSR count). The van der Waals surface area contributed by atoms with E-state index in [0.29, 0.717) is 0 Å². The predicted octanol–water partition coefficient (Wildman–Crippen LogP) is 4.02. The molecule has 0 amide bonds. The smallest absolute Gasteiger partial charge is 0.168 e. The highest BCUT2D eigenvalue weighted by Gasteiger charge is 2.46. The fourth-order valence-electron chi connectivity index (χ4n) is 1.42. The summed E-state index contributed by atoms with van der Waals surface area (Å²) in [4.78, 5) is 0.261. The van der Waals surface area contributed by atoms with E-state index in [-0.39, 0.29) is 4.79 Å². The van der Waals surface area contributed by atoms with Gasteiger partial charge in [-0.1, -0.05) is 26.2 Å². The van der Waals surface area contributed by atoms with E-state index in [9.17, 15) is 0 Å². The van der Waals surface area contributed by atoms with Crippen molar-refractivity contribution in [2.75, 3.05) is 0 Å². The van der Waals surface area contributed by atoms with Crippen molar-refractivity contribution in [1.29, 1.82) is 0 Å². The maximum absolute atomic E-state index is 6.33. The van der Waals surface area contributed by atoms with Crippen LogP contribution in [0.4, 0.5) is 0 Å². The highest BCUT2D eigenvalue weighted by Crippen LogP contribution is 2.41. The topological polar surface area (TPSA) is 0 Å². The highest BCUT2D eigenvalue weighted by atomic mass is 35.7. The summed E-state index contributed by atoms with van der Waals surface area (Å²) in [5.74, 6) is 0. The molecule has 0 atom stereocenters. The lowest BCUT2D eigenvalue weighted by atomic mass is 11.7. The minimum absolute atomic E-state index is 0.261. The van der Waals surface area contributed by atoms with Gasteiger partial charge in [0.15, 0.2) is 14.8 Å². The summed E-state index contributed by atoms with van der Waals surface area (Å²) in [7, 11) is -5.30. The standard InChI is InChI=1S/C5H14Cl4Si3/c1-11(2,8)5(10(6)7)12(3,4)9/h5,10H,1-4H3. The van der Waals surface area contributed by atoms with Gasteiger partial charge in [0, 0.05) is 0 Å². The Hall–Kier alpha value is 1.81. The average Bonchev–Trinajstić information content (AvgIpc) is 1.49. The molecule has 0 aromatic heterocycles. The lowest BCUT2D eigenvalue weighted by Gasteiger charge is -2.34. The first-order chi connectivity index (χ1) is 5.07. The van der Waals surface area contributed by atoms with Crippen LogP contribution in [0.2, 0.25) is 31.0 Å². The van der Waals surface area contributed by atoms with E-state index in [2.05, 4.69) is 26.2 Å². The Morgan fingerprint density at radius 3 is 1.17 bits per heavy atom. The fourth-order valence-corrected chi connectivity index (χ4v) is 34.1. The van der Waals surface area contributed by atoms with Gasteiger partial charge in [0.25, 0.3) is 0 Å². The Morgan fingerprint density at radius 2 is 1.17 bits per heavy atom. The van der Waals surface area contributed by atoms with Gasteiger partial charge < -0.3 is 0 Å². The minimum Gasteiger partial charge on any atom is -0.168 e. The summed E-state index contributed by atoms with van der Waals surface area (Å²) in [5.41, 5.74) is 0. The second-order valence-electron chi connectivity index (χ2n) is 3.94. The molecule has 0 N–H and O–H groups in total. The summed E-state index contributed by atoms with van der Waals surface area (Å²) < 4.78 is 0. The molecule has 0 fully saturated rings. The molecular formula is C5H14Cl4Si3. The first-order valence-electron chi connectivity index (χ1n) is 3.73. The molecule has 74 valence electrons. The number of rotatable bonds is 3. The number of hydrogen-bond acceptors (Lipinski definition) is 0. The van der Waals surface area contributed by atoms with Gasteiger partial charge >= 0.3 is 0 Å². The van der Waals surface area contributed by atoms with Gasteiger partial charge in [0.2, 0.25) is 7.42 Å². The van der Waals surface area contributed by atoms with Crippen LogP contribution in [0.1, 0.15) is 0 Å². The fraction of sp³-hybridized carbons (Fsp3) is 1.00. The van der Waals surface area contributed by atoms with Crippen LogP contribution in [-0.2, 0) is 0 Å². The van der Waals surface area contributed by atoms with Crippen LogP contribution in [0, 0.1) is 0 Å². The number of hydrogen-bond donors (Lipinski definition) is 0. The van der Waals surface area contributed by atoms with E-state index in [1.807, 2.05) is 0 Å². The van der Waals surface area contributed by atoms with Crippen molar-refractivity contribution in [2.24, 2.45) is 0 Å². The van der Waals surface area contributed by atoms with E-state index in [1.165, 1.54) is 0 Å². The SMILES string of the molecule is C[Si](C)(Cl)C([SiH](Cl)Cl)[Si](C)(C)Cl. The summed E-state index contributed by atoms with van der Waals surface area (Å²) in [6.45, 7) is 8.28. The molecule has 0 bridgehead atoms. The molecular weight excluding hydrogens is 286 g/mol. The van der Waals surface area contributed by atoms with Crippen molar-refractivity contribution >= 4 is 66.5 Å². The molecule has 0 aromatic carbocycles. The van der Waals surface area contributed by atoms with Crippen molar-refractivity contribution in [2.45, 2.75) is 31.0 Å². The van der Waals surface area contributed by atoms with Gasteiger partial charge in [-0.25, -0.2) is 0 Å². The van der Waals surface area contributed by atoms with Gasteiger partial charge in [-0.2, -0.15) is 44.3 Å². The lowest BCUT2D eigenvalue weighted by Crippen LogP contribution is -2.46. The molecule has 12 heavy (non-hydrogen) atoms. The quantitative estimate of drug-likeness (QED) is 0.545. The number of halogens is 4. The molecule has 0 saturated carbocycles. The summed E-state index contributed by atoms with van der Waals surface area (Å²) in [6, 6.07) is 0. The van der Waals surface area contributed by atoms with Gasteiger partial charge in [0.05, 0.1) is 0 Å². The zero-order chi connectivity index (χ0) is 10.2. The Kier molecular flexibility index (Phi) is 5.24. The van der Waals surface area contributed by atoms with Crippen LogP contribution in [0.3, 0.4) is 0 Å². The second kappa shape index (κ2) is 4.55. The highest BCUT2D eigenvalue weighted by molar-refractivity contribution is 7.49. The Labute approximate surface area is 97.0 Å². The molecule has 0 aliphatic heterocycles. The molecule has 0 aliphatic rings. The van der Waals surface area contributed by atoms with Crippen LogP contribution >= 0.6 is 44.3 Å². The predicted molar refractivity (Wildman–Crippen MR) is 69.3 cm³/mol. The summed E-state index contributed by atoms with van der Waals surface area (Å²) in [6.07, 6.45) is 0. The Balaban J connectivity index is 4.70. The van der Waals surface area contributed by atoms with Gasteiger partial charge in [-0.15, -0.1) is 0 Å². The van der Waals surface area contributed by atoms with Crippen molar-refractivity contribution in [1.82, 2.24) is 0 Å². The van der Waals surface area contributed by atoms with Crippen molar-refractivity contribution < 1.29 is 0 Å². The third-order valence-electron chi connectivity index (χ3n) is 1.73. The monoisotopic (exact) mass is 298 g/mol. The van der Waals surface area contributed by atoms with Crippen molar-refractivity contribution in [3.63, 3.8) is 0 Å². The average molecular weight is 300 g/mol. The van der Waals surface area contributed by atoms with Crippen LogP contribution < -0.4 is 0 Å². The molecule has 0 heterocycles. The molecule has 0 aliphatic carbocycles. The first-order valence-corrected chi connectivity index (χ1v) is 16.1. The maximum atomic E-state index is 6.33. The molecule has 0 saturated heterocycles. The second-order valence-corrected chi connectivity index (χ2v) is 24.0. The van der Waals surface area contributed by atoms with E-state index < -0.39 is 22.2 Å². The zero-order valence-corrected chi connectivity index (χ0v) is 13.8. The molecule has 0 unspecified atom stereocenters. The molecule has 0 radical (unpaired) electrons. The van der Waals surface area contributed by atoms with Crippen LogP contribution in [0.25, 0.3) is 0 Å². The van der Waals surface area contributed by atoms with E-state index in [4.69, 9.17) is 44.3 Å². The molecule has 7 heteroatoms. The minimum atomic E-state index is -1.79. The summed E-state index contributed by atoms with van der Waals surface area (Å²) in [5, 5.41) is 0. The summed E-state index contributed by atoms with van der Waals surface area (Å²) >= 11 is 24.7. The van der Waals surface area contributed by atoms with Gasteiger partial charge in [-0.3, -0.25) is 0 Å². The van der Waals surface area contributed by atoms with Crippen LogP contribution in [0.5, 0.6) is 0 Å². The molecule has 0 aromatic rings. The maximum Gasteiger partial charge on any atom is 0.237 e. The van der Waals surface area contributed by atoms with Crippen LogP contribution in [-0.4, -0.2) is 22.2 Å². The largest absolute Gasteiger partial charge is 0.237 e. The normalized spacial score (nSPS) is 14.5. The third kappa shape index (κ3) is 4.35. The lowest BCUT2D eigenvalue weighted by molar-refractivity contribution is 1.54. The third-order valence-corrected chi connectivity index (χ3v) is 24.3. The molecule has 0 spiro atoms. The van der Waals surface area contributed by atoms with Crippen molar-refractivity contribution in [3.05, 3.63) is 0 Å². The molecule has 0 nitrogen and oxygen atoms in total.